The van der Waals surface area contributed by atoms with E-state index in [4.69, 9.17) is 37.1 Å². The summed E-state index contributed by atoms with van der Waals surface area (Å²) in [5.41, 5.74) is 1.68. The number of halogens is 2. The number of β-amino-alcohol motifs (C(OH)–C–C–N with tert-alkyl or cyclic N) is 1. The number of aliphatic imine (C=N–C) groups is 1. The highest BCUT2D eigenvalue weighted by molar-refractivity contribution is 6.42. The molecule has 3 heterocycles. The maximum absolute atomic E-state index is 10.7. The molecule has 2 aromatic carbocycles. The Morgan fingerprint density at radius 3 is 2.66 bits per heavy atom. The molecule has 1 saturated heterocycles. The number of rotatable bonds is 7. The second-order valence-electron chi connectivity index (χ2n) is 10.0. The van der Waals surface area contributed by atoms with Crippen molar-refractivity contribution in [3.63, 3.8) is 0 Å². The first-order valence-electron chi connectivity index (χ1n) is 12.0. The summed E-state index contributed by atoms with van der Waals surface area (Å²) >= 11 is 12.2. The lowest BCUT2D eigenvalue weighted by Gasteiger charge is -2.33. The van der Waals surface area contributed by atoms with Gasteiger partial charge in [0, 0.05) is 12.6 Å². The third-order valence-corrected chi connectivity index (χ3v) is 7.34. The normalized spacial score (nSPS) is 19.5. The van der Waals surface area contributed by atoms with Gasteiger partial charge < -0.3 is 23.9 Å². The smallest absolute Gasteiger partial charge is 0.253 e. The molecule has 1 atom stereocenters. The molecule has 0 saturated carbocycles. The minimum Gasteiger partial charge on any atom is -0.490 e. The predicted molar refractivity (Wildman–Crippen MR) is 139 cm³/mol. The van der Waals surface area contributed by atoms with Crippen molar-refractivity contribution in [2.24, 2.45) is 4.99 Å². The van der Waals surface area contributed by atoms with Crippen LogP contribution in [-0.4, -0.2) is 60.4 Å². The summed E-state index contributed by atoms with van der Waals surface area (Å²) in [7, 11) is 0. The molecular weight excluding hydrogens is 487 g/mol. The molecule has 1 N–H and O–H groups in total. The zero-order chi connectivity index (χ0) is 24.6. The van der Waals surface area contributed by atoms with Gasteiger partial charge in [-0.1, -0.05) is 35.3 Å². The van der Waals surface area contributed by atoms with Gasteiger partial charge in [0.2, 0.25) is 0 Å². The number of nitrogens with zero attached hydrogens (tertiary/aromatic N) is 2. The summed E-state index contributed by atoms with van der Waals surface area (Å²) in [5.74, 6) is 2.24. The van der Waals surface area contributed by atoms with E-state index in [9.17, 15) is 5.11 Å². The van der Waals surface area contributed by atoms with Crippen LogP contribution in [0.3, 0.4) is 0 Å². The van der Waals surface area contributed by atoms with Crippen molar-refractivity contribution in [3.05, 3.63) is 63.8 Å². The van der Waals surface area contributed by atoms with Crippen molar-refractivity contribution in [3.8, 4) is 5.75 Å². The van der Waals surface area contributed by atoms with Crippen LogP contribution in [0.1, 0.15) is 43.9 Å². The quantitative estimate of drug-likeness (QED) is 0.422. The molecule has 0 spiro atoms. The molecule has 3 aromatic rings. The zero-order valence-corrected chi connectivity index (χ0v) is 21.5. The predicted octanol–water partition coefficient (Wildman–Crippen LogP) is 5.91. The maximum atomic E-state index is 10.7. The van der Waals surface area contributed by atoms with Crippen LogP contribution in [0.2, 0.25) is 10.0 Å². The first-order valence-corrected chi connectivity index (χ1v) is 12.8. The number of piperidine rings is 1. The Labute approximate surface area is 215 Å². The number of hydrogen-bond acceptors (Lipinski definition) is 6. The van der Waals surface area contributed by atoms with E-state index in [2.05, 4.69) is 16.0 Å². The maximum Gasteiger partial charge on any atom is 0.253 e. The summed E-state index contributed by atoms with van der Waals surface area (Å²) in [4.78, 5) is 6.88. The Bertz CT molecular complexity index is 1230. The lowest BCUT2D eigenvalue weighted by molar-refractivity contribution is 0.0599. The van der Waals surface area contributed by atoms with E-state index in [0.717, 1.165) is 31.3 Å². The van der Waals surface area contributed by atoms with Crippen molar-refractivity contribution in [1.29, 1.82) is 0 Å². The molecule has 0 aliphatic carbocycles. The SMILES string of the molecule is CC1(C)COC(c2cc3c(OC[C@@H](O)CN4CCC(c5ccc(Cl)c(Cl)c5)CC4)cccc3o2)=N1. The van der Waals surface area contributed by atoms with Crippen molar-refractivity contribution >= 4 is 40.1 Å². The number of hydrogen-bond donors (Lipinski definition) is 1. The van der Waals surface area contributed by atoms with Crippen LogP contribution in [0.25, 0.3) is 11.0 Å². The number of ether oxygens (including phenoxy) is 2. The molecule has 5 rings (SSSR count). The average molecular weight is 517 g/mol. The third-order valence-electron chi connectivity index (χ3n) is 6.60. The second-order valence-corrected chi connectivity index (χ2v) is 10.8. The highest BCUT2D eigenvalue weighted by atomic mass is 35.5. The molecule has 2 aliphatic rings. The average Bonchev–Trinajstić information content (AvgIpc) is 3.43. The Balaban J connectivity index is 1.15. The number of furan rings is 1. The summed E-state index contributed by atoms with van der Waals surface area (Å²) in [6, 6.07) is 13.5. The molecule has 1 aromatic heterocycles. The monoisotopic (exact) mass is 516 g/mol. The summed E-state index contributed by atoms with van der Waals surface area (Å²) in [6.45, 7) is 7.18. The first kappa shape index (κ1) is 24.4. The van der Waals surface area contributed by atoms with Gasteiger partial charge in [0.05, 0.1) is 21.0 Å². The van der Waals surface area contributed by atoms with Gasteiger partial charge in [0.25, 0.3) is 5.90 Å². The molecule has 186 valence electrons. The van der Waals surface area contributed by atoms with E-state index in [0.29, 0.717) is 52.1 Å². The number of fused-ring (bicyclic) bond motifs is 1. The highest BCUT2D eigenvalue weighted by Crippen LogP contribution is 2.33. The van der Waals surface area contributed by atoms with Gasteiger partial charge >= 0.3 is 0 Å². The van der Waals surface area contributed by atoms with Crippen LogP contribution >= 0.6 is 23.2 Å². The van der Waals surface area contributed by atoms with Crippen molar-refractivity contribution in [2.45, 2.75) is 44.2 Å². The first-order chi connectivity index (χ1) is 16.8. The molecule has 0 bridgehead atoms. The number of aliphatic hydroxyl groups excluding tert-OH is 1. The fraction of sp³-hybridized carbons (Fsp3) is 0.444. The topological polar surface area (TPSA) is 67.4 Å². The molecule has 35 heavy (non-hydrogen) atoms. The number of aliphatic hydroxyl groups is 1. The number of likely N-dealkylation sites (tertiary alicyclic amines) is 1. The Kier molecular flexibility index (Phi) is 6.99. The molecule has 6 nitrogen and oxygen atoms in total. The highest BCUT2D eigenvalue weighted by Gasteiger charge is 2.29. The van der Waals surface area contributed by atoms with Crippen molar-refractivity contribution < 1.29 is 19.0 Å². The van der Waals surface area contributed by atoms with Gasteiger partial charge in [-0.05, 0) is 75.5 Å². The lowest BCUT2D eigenvalue weighted by Crippen LogP contribution is -2.40. The Morgan fingerprint density at radius 1 is 1.14 bits per heavy atom. The van der Waals surface area contributed by atoms with Crippen molar-refractivity contribution in [1.82, 2.24) is 4.90 Å². The van der Waals surface area contributed by atoms with E-state index < -0.39 is 6.10 Å². The van der Waals surface area contributed by atoms with E-state index in [-0.39, 0.29) is 12.1 Å². The third kappa shape index (κ3) is 5.61. The zero-order valence-electron chi connectivity index (χ0n) is 20.0. The van der Waals surface area contributed by atoms with E-state index in [1.807, 2.05) is 50.2 Å². The van der Waals surface area contributed by atoms with Crippen LogP contribution in [-0.2, 0) is 4.74 Å². The molecule has 8 heteroatoms. The van der Waals surface area contributed by atoms with Crippen LogP contribution in [0.4, 0.5) is 0 Å². The van der Waals surface area contributed by atoms with Crippen LogP contribution in [0.15, 0.2) is 51.9 Å². The summed E-state index contributed by atoms with van der Waals surface area (Å²) in [5, 5.41) is 12.7. The second kappa shape index (κ2) is 10.0. The van der Waals surface area contributed by atoms with Gasteiger partial charge in [0.1, 0.15) is 30.7 Å². The van der Waals surface area contributed by atoms with Crippen LogP contribution in [0, 0.1) is 0 Å². The van der Waals surface area contributed by atoms with Gasteiger partial charge in [-0.2, -0.15) is 0 Å². The standard InChI is InChI=1S/C27H30Cl2N2O4/c1-27(2)16-34-26(30-27)25-13-20-23(4-3-5-24(20)35-25)33-15-19(32)14-31-10-8-17(9-11-31)18-6-7-21(28)22(29)12-18/h3-7,12-13,17,19,32H,8-11,14-16H2,1-2H3/t19-/m0/s1. The van der Waals surface area contributed by atoms with Crippen LogP contribution in [0.5, 0.6) is 5.75 Å². The fourth-order valence-electron chi connectivity index (χ4n) is 4.73. The van der Waals surface area contributed by atoms with Crippen LogP contribution < -0.4 is 4.74 Å². The van der Waals surface area contributed by atoms with Crippen molar-refractivity contribution in [2.75, 3.05) is 32.8 Å². The van der Waals surface area contributed by atoms with Gasteiger partial charge in [-0.3, -0.25) is 0 Å². The molecular formula is C27H30Cl2N2O4. The molecule has 2 aliphatic heterocycles. The molecule has 1 fully saturated rings. The number of benzene rings is 2. The summed E-state index contributed by atoms with van der Waals surface area (Å²) < 4.78 is 17.7. The molecule has 0 radical (unpaired) electrons. The minimum absolute atomic E-state index is 0.205. The van der Waals surface area contributed by atoms with E-state index >= 15 is 0 Å². The molecule has 0 amide bonds. The van der Waals surface area contributed by atoms with Gasteiger partial charge in [-0.15, -0.1) is 0 Å². The Morgan fingerprint density at radius 2 is 1.94 bits per heavy atom. The molecule has 0 unspecified atom stereocenters. The van der Waals surface area contributed by atoms with Gasteiger partial charge in [0.15, 0.2) is 5.76 Å². The summed E-state index contributed by atoms with van der Waals surface area (Å²) in [6.07, 6.45) is 1.44. The lowest BCUT2D eigenvalue weighted by atomic mass is 9.89. The Hall–Kier alpha value is -2.25. The van der Waals surface area contributed by atoms with E-state index in [1.54, 1.807) is 0 Å². The largest absolute Gasteiger partial charge is 0.490 e. The minimum atomic E-state index is -0.596. The fourth-order valence-corrected chi connectivity index (χ4v) is 5.03. The van der Waals surface area contributed by atoms with E-state index in [1.165, 1.54) is 5.56 Å². The van der Waals surface area contributed by atoms with Gasteiger partial charge in [-0.25, -0.2) is 4.99 Å².